The van der Waals surface area contributed by atoms with E-state index in [1.54, 1.807) is 7.11 Å². The summed E-state index contributed by atoms with van der Waals surface area (Å²) in [4.78, 5) is 0. The van der Waals surface area contributed by atoms with E-state index in [2.05, 4.69) is 13.1 Å². The molecule has 6 aliphatic heterocycles. The summed E-state index contributed by atoms with van der Waals surface area (Å²) in [6.07, 6.45) is 8.42. The molecule has 16 unspecified atom stereocenters. The Labute approximate surface area is 555 Å². The molecule has 8 aromatic carbocycles. The van der Waals surface area contributed by atoms with Gasteiger partial charge in [0, 0.05) is 43.4 Å². The van der Waals surface area contributed by atoms with Gasteiger partial charge in [-0.25, -0.2) is 0 Å². The Balaban J connectivity index is 1.08. The molecule has 16 nitrogen and oxygen atoms in total. The molecule has 6 heterocycles. The van der Waals surface area contributed by atoms with Crippen molar-refractivity contribution in [3.63, 3.8) is 0 Å². The lowest BCUT2D eigenvalue weighted by molar-refractivity contribution is 0.0507. The van der Waals surface area contributed by atoms with Crippen LogP contribution in [0.5, 0.6) is 0 Å². The van der Waals surface area contributed by atoms with Gasteiger partial charge in [0.15, 0.2) is 0 Å². The molecule has 2 aliphatic carbocycles. The van der Waals surface area contributed by atoms with Crippen molar-refractivity contribution in [2.75, 3.05) is 7.11 Å². The maximum Gasteiger partial charge on any atom is 0.520 e. The van der Waals surface area contributed by atoms with Gasteiger partial charge >= 0.3 is 88.0 Å². The van der Waals surface area contributed by atoms with Gasteiger partial charge in [-0.15, -0.1) is 0 Å². The van der Waals surface area contributed by atoms with Gasteiger partial charge in [0.1, 0.15) is 0 Å². The van der Waals surface area contributed by atoms with Crippen LogP contribution in [0.25, 0.3) is 0 Å². The van der Waals surface area contributed by atoms with Crippen LogP contribution in [0, 0.1) is 11.8 Å². The Kier molecular flexibility index (Phi) is 17.2. The number of epoxide rings is 2. The van der Waals surface area contributed by atoms with E-state index in [4.69, 9.17) is 67.4 Å². The van der Waals surface area contributed by atoms with Crippen molar-refractivity contribution < 1.29 is 67.4 Å². The first kappa shape index (κ1) is 63.1. The highest BCUT2D eigenvalue weighted by Gasteiger charge is 2.79. The van der Waals surface area contributed by atoms with E-state index in [0.717, 1.165) is 56.6 Å². The summed E-state index contributed by atoms with van der Waals surface area (Å²) < 4.78 is 132. The van der Waals surface area contributed by atoms with Crippen molar-refractivity contribution in [3.05, 3.63) is 243 Å². The Morgan fingerprint density at radius 2 is 0.613 bits per heavy atom. The smallest absolute Gasteiger partial charge is 0.391 e. The Hall–Kier alpha value is -4.71. The lowest BCUT2D eigenvalue weighted by Gasteiger charge is -2.58. The zero-order valence-corrected chi connectivity index (χ0v) is 62.4. The quantitative estimate of drug-likeness (QED) is 0.0763. The van der Waals surface area contributed by atoms with Crippen molar-refractivity contribution in [3.8, 4) is 0 Å². The molecule has 6 bridgehead atoms. The molecular formula is C67H76O16Si10. The predicted octanol–water partition coefficient (Wildman–Crippen LogP) is 7.01. The summed E-state index contributed by atoms with van der Waals surface area (Å²) >= 11 is 0. The summed E-state index contributed by atoms with van der Waals surface area (Å²) in [6, 6.07) is 80.9. The van der Waals surface area contributed by atoms with Gasteiger partial charge in [-0.05, 0) is 93.6 Å². The molecule has 8 fully saturated rings. The van der Waals surface area contributed by atoms with E-state index in [1.807, 2.05) is 243 Å². The number of ether oxygens (including phenoxy) is 2. The molecule has 6 saturated heterocycles. The van der Waals surface area contributed by atoms with E-state index in [1.165, 1.54) is 0 Å². The van der Waals surface area contributed by atoms with Crippen LogP contribution < -0.4 is 41.5 Å². The highest BCUT2D eigenvalue weighted by Crippen LogP contribution is 2.48. The molecule has 0 amide bonds. The third kappa shape index (κ3) is 12.4. The summed E-state index contributed by atoms with van der Waals surface area (Å²) in [6.45, 7) is 4.26. The van der Waals surface area contributed by atoms with Crippen LogP contribution in [-0.4, -0.2) is 120 Å². The normalized spacial score (nSPS) is 37.9. The summed E-state index contributed by atoms with van der Waals surface area (Å²) in [5, 5.41) is 4.95. The second-order valence-electron chi connectivity index (χ2n) is 25.9. The van der Waals surface area contributed by atoms with Crippen molar-refractivity contribution in [1.82, 2.24) is 0 Å². The molecule has 8 aliphatic rings. The third-order valence-electron chi connectivity index (χ3n) is 19.3. The van der Waals surface area contributed by atoms with E-state index >= 15 is 0 Å². The van der Waals surface area contributed by atoms with Crippen LogP contribution in [0.1, 0.15) is 51.4 Å². The molecule has 0 spiro atoms. The number of hydrogen-bond donors (Lipinski definition) is 0. The molecule has 0 radical (unpaired) electrons. The first-order chi connectivity index (χ1) is 45.3. The minimum Gasteiger partial charge on any atom is -0.391 e. The molecule has 0 aromatic heterocycles. The monoisotopic (exact) mass is 1420 g/mol. The van der Waals surface area contributed by atoms with Gasteiger partial charge in [-0.1, -0.05) is 243 Å². The van der Waals surface area contributed by atoms with Crippen LogP contribution in [0.3, 0.4) is 0 Å². The Bertz CT molecular complexity index is 3870. The topological polar surface area (TPSA) is 154 Å². The molecule has 16 rings (SSSR count). The Morgan fingerprint density at radius 3 is 0.978 bits per heavy atom. The number of rotatable bonds is 15. The highest BCUT2D eigenvalue weighted by atomic mass is 28.6. The second kappa shape index (κ2) is 25.3. The van der Waals surface area contributed by atoms with Gasteiger partial charge in [-0.2, -0.15) is 0 Å². The maximum atomic E-state index is 8.79. The standard InChI is InChI=1S/C67H76O16Si10/c1-68-87(57-30-14-5-15-31-57)73-85(2,50-48-54-44-46-64-66(52-54)69-64)75-90(60-36-20-8-21-37-60)79-89(59-34-18-7-19-35-59)72-84(56-28-12-4-13-29-56)71-88(58-32-16-6-17-33-58)74-86(3,51-49-55-45-47-65-67(53-55)70-65)76-91(80-89,61-38-22-9-23-39-61)82-93(81-90,63-42-26-11-27-43-63)83-92(77-87,78-88)62-40-24-10-25-41-62/h4-43,54-55,64-67,84H,44-53H2,1-3H3. The van der Waals surface area contributed by atoms with Crippen LogP contribution in [-0.2, 0) is 67.4 Å². The zero-order valence-electron chi connectivity index (χ0n) is 52.2. The molecule has 26 heteroatoms. The molecule has 480 valence electrons. The van der Waals surface area contributed by atoms with Crippen molar-refractivity contribution in [2.45, 2.75) is 101 Å². The molecular weight excluding hydrogens is 1340 g/mol. The fraction of sp³-hybridized carbons (Fsp3) is 0.284. The van der Waals surface area contributed by atoms with Crippen LogP contribution in [0.2, 0.25) is 25.2 Å². The van der Waals surface area contributed by atoms with E-state index in [9.17, 15) is 0 Å². The largest absolute Gasteiger partial charge is 0.520 e. The third-order valence-corrected chi connectivity index (χ3v) is 60.9. The van der Waals surface area contributed by atoms with Gasteiger partial charge in [0.2, 0.25) is 0 Å². The van der Waals surface area contributed by atoms with Crippen molar-refractivity contribution in [2.24, 2.45) is 11.8 Å². The summed E-state index contributed by atoms with van der Waals surface area (Å²) in [7, 11) is -45.3. The average Bonchev–Trinajstić information content (AvgIpc) is 1.62. The number of fused-ring (bicyclic) bond motifs is 8. The van der Waals surface area contributed by atoms with Gasteiger partial charge in [-0.3, -0.25) is 0 Å². The highest BCUT2D eigenvalue weighted by molar-refractivity contribution is 7.10. The van der Waals surface area contributed by atoms with Gasteiger partial charge < -0.3 is 67.4 Å². The summed E-state index contributed by atoms with van der Waals surface area (Å²) in [5.41, 5.74) is 0. The fourth-order valence-corrected chi connectivity index (χ4v) is 67.8. The summed E-state index contributed by atoms with van der Waals surface area (Å²) in [5.74, 6) is 0.607. The molecule has 16 atom stereocenters. The van der Waals surface area contributed by atoms with E-state index < -0.39 is 88.0 Å². The molecule has 0 N–H and O–H groups in total. The second-order valence-corrected chi connectivity index (χ2v) is 55.9. The van der Waals surface area contributed by atoms with Crippen LogP contribution in [0.4, 0.5) is 0 Å². The fourth-order valence-electron chi connectivity index (χ4n) is 14.4. The lowest BCUT2D eigenvalue weighted by Crippen LogP contribution is -2.89. The molecule has 8 aromatic rings. The first-order valence-corrected chi connectivity index (χ1v) is 51.3. The number of benzene rings is 8. The molecule has 93 heavy (non-hydrogen) atoms. The van der Waals surface area contributed by atoms with Gasteiger partial charge in [0.25, 0.3) is 0 Å². The maximum absolute atomic E-state index is 8.79. The minimum atomic E-state index is -5.24. The molecule has 2 saturated carbocycles. The van der Waals surface area contributed by atoms with Crippen molar-refractivity contribution in [1.29, 1.82) is 0 Å². The number of hydrogen-bond acceptors (Lipinski definition) is 16. The zero-order chi connectivity index (χ0) is 62.8. The van der Waals surface area contributed by atoms with Gasteiger partial charge in [0.05, 0.1) is 24.4 Å². The average molecular weight is 1420 g/mol. The van der Waals surface area contributed by atoms with Crippen LogP contribution in [0.15, 0.2) is 243 Å². The van der Waals surface area contributed by atoms with E-state index in [-0.39, 0.29) is 12.2 Å². The Morgan fingerprint density at radius 1 is 0.323 bits per heavy atom. The van der Waals surface area contributed by atoms with Crippen LogP contribution >= 0.6 is 0 Å². The van der Waals surface area contributed by atoms with Crippen molar-refractivity contribution >= 4 is 130 Å². The minimum absolute atomic E-state index is 0.233. The lowest BCUT2D eigenvalue weighted by atomic mass is 9.88. The predicted molar refractivity (Wildman–Crippen MR) is 371 cm³/mol. The van der Waals surface area contributed by atoms with E-state index in [0.29, 0.717) is 72.4 Å². The first-order valence-electron chi connectivity index (χ1n) is 32.7. The SMILES string of the molecule is CO[Si]1(c2ccccc2)O[Si](C)(CCC2CCC3OC3C2)O[Si]2(c3ccccc3)O[Si]3(c4ccccc4)O[SiH](c4ccccc4)O[Si]4(c5ccccc5)O[Si](C)(CCC5CCC6OC6C5)O[Si](c5ccccc5)(O3)O[Si](c3ccccc3)(O2)O[Si](c2ccccc2)(O1)O4.